The van der Waals surface area contributed by atoms with E-state index in [4.69, 9.17) is 17.3 Å². The van der Waals surface area contributed by atoms with Crippen LogP contribution in [0.15, 0.2) is 41.3 Å². The molecule has 2 aromatic rings. The lowest BCUT2D eigenvalue weighted by molar-refractivity contribution is -0.138. The molecule has 1 saturated heterocycles. The zero-order chi connectivity index (χ0) is 28.8. The molecule has 1 fully saturated rings. The zero-order valence-electron chi connectivity index (χ0n) is 21.5. The molecule has 2 aromatic carbocycles. The molecular weight excluding hydrogens is 557 g/mol. The van der Waals surface area contributed by atoms with E-state index < -0.39 is 27.5 Å². The summed E-state index contributed by atoms with van der Waals surface area (Å²) in [6.45, 7) is 2.72. The molecule has 1 unspecified atom stereocenters. The Hall–Kier alpha value is -2.67. The number of halogens is 4. The number of hydrogen-bond donors (Lipinski definition) is 3. The summed E-state index contributed by atoms with van der Waals surface area (Å²) < 4.78 is 66.8. The number of nitrogens with one attached hydrogen (secondary N) is 2. The summed E-state index contributed by atoms with van der Waals surface area (Å²) in [4.78, 5) is 26.1. The Balaban J connectivity index is 1.75. The van der Waals surface area contributed by atoms with E-state index in [1.807, 2.05) is 4.90 Å². The number of nitrogens with two attached hydrogens (primary N) is 1. The van der Waals surface area contributed by atoms with Crippen molar-refractivity contribution < 1.29 is 31.2 Å². The van der Waals surface area contributed by atoms with Crippen LogP contribution in [-0.4, -0.2) is 57.1 Å². The highest BCUT2D eigenvalue weighted by Gasteiger charge is 2.35. The predicted octanol–water partition coefficient (Wildman–Crippen LogP) is 3.37. The maximum Gasteiger partial charge on any atom is 0.416 e. The quantitative estimate of drug-likeness (QED) is 0.391. The van der Waals surface area contributed by atoms with Crippen molar-refractivity contribution in [1.82, 2.24) is 15.5 Å². The summed E-state index contributed by atoms with van der Waals surface area (Å²) in [6.07, 6.45) is -3.06. The van der Waals surface area contributed by atoms with Gasteiger partial charge in [-0.25, -0.2) is 8.42 Å². The monoisotopic (exact) mass is 588 g/mol. The van der Waals surface area contributed by atoms with Crippen LogP contribution in [0.25, 0.3) is 0 Å². The van der Waals surface area contributed by atoms with Crippen molar-refractivity contribution in [3.63, 3.8) is 0 Å². The number of likely N-dealkylation sites (tertiary alicyclic amines) is 1. The van der Waals surface area contributed by atoms with Gasteiger partial charge in [0.2, 0.25) is 5.91 Å². The minimum Gasteiger partial charge on any atom is -0.355 e. The topological polar surface area (TPSA) is 122 Å². The number of amides is 2. The lowest BCUT2D eigenvalue weighted by Crippen LogP contribution is -2.42. The second-order valence-corrected chi connectivity index (χ2v) is 12.1. The highest BCUT2D eigenvalue weighted by molar-refractivity contribution is 7.91. The van der Waals surface area contributed by atoms with Crippen LogP contribution in [0.2, 0.25) is 5.02 Å². The number of rotatable bonds is 10. The van der Waals surface area contributed by atoms with E-state index in [-0.39, 0.29) is 63.8 Å². The third-order valence-electron chi connectivity index (χ3n) is 6.62. The molecule has 0 saturated carbocycles. The van der Waals surface area contributed by atoms with E-state index in [2.05, 4.69) is 10.6 Å². The molecule has 1 aliphatic heterocycles. The number of carbonyl (C=O) groups excluding carboxylic acids is 2. The van der Waals surface area contributed by atoms with Crippen molar-refractivity contribution in [2.45, 2.75) is 43.9 Å². The van der Waals surface area contributed by atoms with Gasteiger partial charge in [-0.15, -0.1) is 0 Å². The minimum atomic E-state index is -4.69. The summed E-state index contributed by atoms with van der Waals surface area (Å²) in [5, 5.41) is 5.50. The first-order valence-electron chi connectivity index (χ1n) is 12.5. The fraction of sp³-hybridized carbons (Fsp3) is 0.462. The van der Waals surface area contributed by atoms with Gasteiger partial charge in [0.1, 0.15) is 0 Å². The molecule has 0 aromatic heterocycles. The molecule has 39 heavy (non-hydrogen) atoms. The van der Waals surface area contributed by atoms with Gasteiger partial charge in [-0.3, -0.25) is 14.5 Å². The van der Waals surface area contributed by atoms with Crippen LogP contribution in [-0.2, 0) is 33.9 Å². The van der Waals surface area contributed by atoms with Crippen molar-refractivity contribution >= 4 is 33.3 Å². The second kappa shape index (κ2) is 13.1. The lowest BCUT2D eigenvalue weighted by Gasteiger charge is -2.33. The van der Waals surface area contributed by atoms with Crippen LogP contribution < -0.4 is 16.4 Å². The maximum absolute atomic E-state index is 14.0. The molecule has 0 spiro atoms. The van der Waals surface area contributed by atoms with Gasteiger partial charge in [0.05, 0.1) is 22.8 Å². The van der Waals surface area contributed by atoms with Crippen LogP contribution in [0.5, 0.6) is 0 Å². The molecular formula is C26H32ClF3N4O4S. The molecule has 1 atom stereocenters. The number of piperidine rings is 1. The fourth-order valence-corrected chi connectivity index (χ4v) is 5.89. The smallest absolute Gasteiger partial charge is 0.355 e. The van der Waals surface area contributed by atoms with Crippen molar-refractivity contribution in [2.75, 3.05) is 31.9 Å². The Morgan fingerprint density at radius 2 is 1.87 bits per heavy atom. The summed E-state index contributed by atoms with van der Waals surface area (Å²) in [7, 11) is -3.61. The van der Waals surface area contributed by atoms with Gasteiger partial charge in [0.25, 0.3) is 5.91 Å². The number of sulfone groups is 1. The van der Waals surface area contributed by atoms with E-state index in [0.29, 0.717) is 19.6 Å². The Morgan fingerprint density at radius 3 is 2.54 bits per heavy atom. The van der Waals surface area contributed by atoms with Crippen molar-refractivity contribution in [2.24, 2.45) is 11.7 Å². The van der Waals surface area contributed by atoms with Crippen molar-refractivity contribution in [3.8, 4) is 0 Å². The number of benzene rings is 2. The van der Waals surface area contributed by atoms with Gasteiger partial charge < -0.3 is 16.4 Å². The molecule has 214 valence electrons. The first kappa shape index (κ1) is 30.9. The molecule has 3 rings (SSSR count). The number of carbonyl (C=O) groups is 2. The first-order valence-corrected chi connectivity index (χ1v) is 14.6. The second-order valence-electron chi connectivity index (χ2n) is 9.46. The molecule has 13 heteroatoms. The van der Waals surface area contributed by atoms with Gasteiger partial charge in [-0.2, -0.15) is 13.2 Å². The van der Waals surface area contributed by atoms with Gasteiger partial charge >= 0.3 is 6.18 Å². The predicted molar refractivity (Wildman–Crippen MR) is 142 cm³/mol. The SMILES string of the molecule is CCS(=O)(=O)c1ccc(Cl)cc1CNC(=O)c1ccc(CN2CCCC(CNC(=O)CN)C2)c(C(F)(F)F)c1. The molecule has 1 heterocycles. The zero-order valence-corrected chi connectivity index (χ0v) is 23.1. The third-order valence-corrected chi connectivity index (χ3v) is 8.69. The van der Waals surface area contributed by atoms with E-state index in [1.54, 1.807) is 0 Å². The third kappa shape index (κ3) is 8.41. The van der Waals surface area contributed by atoms with E-state index in [0.717, 1.165) is 18.9 Å². The molecule has 1 aliphatic rings. The van der Waals surface area contributed by atoms with Gasteiger partial charge in [0.15, 0.2) is 9.84 Å². The fourth-order valence-electron chi connectivity index (χ4n) is 4.57. The van der Waals surface area contributed by atoms with Gasteiger partial charge in [-0.1, -0.05) is 24.6 Å². The van der Waals surface area contributed by atoms with E-state index in [9.17, 15) is 31.2 Å². The molecule has 8 nitrogen and oxygen atoms in total. The largest absolute Gasteiger partial charge is 0.416 e. The standard InChI is InChI=1S/C26H32ClF3N4O4S/c1-2-39(37,38)23-8-7-21(27)10-20(23)14-33-25(36)18-5-6-19(22(11-18)26(28,29)30)16-34-9-3-4-17(15-34)13-32-24(35)12-31/h5-8,10-11,17H,2-4,9,12-16,31H2,1H3,(H,32,35)(H,33,36). The highest BCUT2D eigenvalue weighted by atomic mass is 35.5. The molecule has 0 aliphatic carbocycles. The highest BCUT2D eigenvalue weighted by Crippen LogP contribution is 2.34. The van der Waals surface area contributed by atoms with Crippen molar-refractivity contribution in [1.29, 1.82) is 0 Å². The van der Waals surface area contributed by atoms with Crippen LogP contribution >= 0.6 is 11.6 Å². The van der Waals surface area contributed by atoms with Gasteiger partial charge in [0, 0.05) is 36.8 Å². The van der Waals surface area contributed by atoms with Crippen molar-refractivity contribution in [3.05, 3.63) is 63.7 Å². The summed E-state index contributed by atoms with van der Waals surface area (Å²) in [6, 6.07) is 7.60. The van der Waals surface area contributed by atoms with Crippen LogP contribution in [0.3, 0.4) is 0 Å². The molecule has 4 N–H and O–H groups in total. The minimum absolute atomic E-state index is 0.00320. The normalized spacial score (nSPS) is 16.6. The van der Waals surface area contributed by atoms with Crippen LogP contribution in [0, 0.1) is 5.92 Å². The lowest BCUT2D eigenvalue weighted by atomic mass is 9.96. The Morgan fingerprint density at radius 1 is 1.13 bits per heavy atom. The summed E-state index contributed by atoms with van der Waals surface area (Å²) in [5.74, 6) is -1.12. The van der Waals surface area contributed by atoms with Crippen LogP contribution in [0.1, 0.15) is 46.8 Å². The van der Waals surface area contributed by atoms with E-state index in [1.165, 1.54) is 37.3 Å². The first-order chi connectivity index (χ1) is 18.3. The number of alkyl halides is 3. The molecule has 0 bridgehead atoms. The number of nitrogens with zero attached hydrogens (tertiary/aromatic N) is 1. The van der Waals surface area contributed by atoms with Crippen LogP contribution in [0.4, 0.5) is 13.2 Å². The van der Waals surface area contributed by atoms with E-state index >= 15 is 0 Å². The Labute approximate surface area is 231 Å². The average Bonchev–Trinajstić information content (AvgIpc) is 2.90. The Bertz CT molecular complexity index is 1300. The number of hydrogen-bond acceptors (Lipinski definition) is 6. The molecule has 0 radical (unpaired) electrons. The average molecular weight is 589 g/mol. The van der Waals surface area contributed by atoms with Gasteiger partial charge in [-0.05, 0) is 66.8 Å². The summed E-state index contributed by atoms with van der Waals surface area (Å²) in [5.41, 5.74) is 4.48. The maximum atomic E-state index is 14.0. The molecule has 2 amide bonds. The summed E-state index contributed by atoms with van der Waals surface area (Å²) >= 11 is 6.00. The Kier molecular flexibility index (Phi) is 10.4.